The van der Waals surface area contributed by atoms with Crippen molar-refractivity contribution >= 4 is 10.0 Å². The zero-order valence-corrected chi connectivity index (χ0v) is 6.85. The number of rotatable bonds is 1. The van der Waals surface area contributed by atoms with Gasteiger partial charge in [0.1, 0.15) is 0 Å². The van der Waals surface area contributed by atoms with Crippen LogP contribution in [0.15, 0.2) is 11.5 Å². The fourth-order valence-corrected chi connectivity index (χ4v) is 2.00. The molecule has 58 valence electrons. The fourth-order valence-electron chi connectivity index (χ4n) is 0.815. The van der Waals surface area contributed by atoms with Crippen LogP contribution >= 0.6 is 0 Å². The maximum Gasteiger partial charge on any atom is 0.234 e. The molecule has 0 saturated carbocycles. The third-order valence-corrected chi connectivity index (χ3v) is 2.60. The topological polar surface area (TPSA) is 46.2 Å². The van der Waals surface area contributed by atoms with Crippen molar-refractivity contribution in [3.05, 3.63) is 11.5 Å². The number of sulfonamides is 1. The first-order chi connectivity index (χ1) is 4.51. The largest absolute Gasteiger partial charge is 0.234 e. The summed E-state index contributed by atoms with van der Waals surface area (Å²) < 4.78 is 24.0. The van der Waals surface area contributed by atoms with Gasteiger partial charge in [-0.25, -0.2) is 13.1 Å². The molecule has 1 heterocycles. The fraction of sp³-hybridized carbons (Fsp3) is 0.667. The first kappa shape index (κ1) is 7.75. The molecule has 4 heteroatoms. The molecule has 1 rings (SSSR count). The Labute approximate surface area is 61.2 Å². The third-order valence-electron chi connectivity index (χ3n) is 1.48. The van der Waals surface area contributed by atoms with Gasteiger partial charge >= 0.3 is 0 Å². The zero-order chi connectivity index (χ0) is 7.78. The van der Waals surface area contributed by atoms with Crippen LogP contribution in [0.4, 0.5) is 0 Å². The molecule has 0 aliphatic carbocycles. The van der Waals surface area contributed by atoms with Crippen LogP contribution in [0, 0.1) is 5.92 Å². The molecule has 0 aromatic rings. The van der Waals surface area contributed by atoms with Crippen molar-refractivity contribution in [3.8, 4) is 0 Å². The van der Waals surface area contributed by atoms with Crippen molar-refractivity contribution in [1.29, 1.82) is 0 Å². The van der Waals surface area contributed by atoms with Crippen LogP contribution < -0.4 is 4.72 Å². The Kier molecular flexibility index (Phi) is 1.83. The number of hydrogen-bond acceptors (Lipinski definition) is 2. The van der Waals surface area contributed by atoms with E-state index < -0.39 is 10.0 Å². The summed E-state index contributed by atoms with van der Waals surface area (Å²) in [5.74, 6) is 0.327. The summed E-state index contributed by atoms with van der Waals surface area (Å²) in [5.41, 5.74) is 0. The van der Waals surface area contributed by atoms with Crippen LogP contribution in [0.25, 0.3) is 0 Å². The monoisotopic (exact) mass is 161 g/mol. The zero-order valence-electron chi connectivity index (χ0n) is 6.03. The minimum Gasteiger partial charge on any atom is -0.208 e. The summed E-state index contributed by atoms with van der Waals surface area (Å²) in [6, 6.07) is -0.00926. The molecular weight excluding hydrogens is 150 g/mol. The smallest absolute Gasteiger partial charge is 0.208 e. The molecule has 1 N–H and O–H groups in total. The lowest BCUT2D eigenvalue weighted by atomic mass is 10.1. The van der Waals surface area contributed by atoms with Gasteiger partial charge in [-0.15, -0.1) is 0 Å². The van der Waals surface area contributed by atoms with Crippen LogP contribution in [-0.4, -0.2) is 14.5 Å². The number of hydrogen-bond donors (Lipinski definition) is 1. The van der Waals surface area contributed by atoms with Crippen molar-refractivity contribution in [3.63, 3.8) is 0 Å². The van der Waals surface area contributed by atoms with Crippen molar-refractivity contribution in [2.75, 3.05) is 0 Å². The Bertz CT molecular complexity index is 240. The van der Waals surface area contributed by atoms with Gasteiger partial charge in [0.2, 0.25) is 10.0 Å². The van der Waals surface area contributed by atoms with E-state index in [1.165, 1.54) is 5.41 Å². The molecule has 0 amide bonds. The van der Waals surface area contributed by atoms with E-state index in [0.29, 0.717) is 5.92 Å². The van der Waals surface area contributed by atoms with E-state index in [4.69, 9.17) is 0 Å². The highest BCUT2D eigenvalue weighted by Gasteiger charge is 2.21. The summed E-state index contributed by atoms with van der Waals surface area (Å²) in [6.07, 6.45) is 1.68. The Morgan fingerprint density at radius 2 is 2.10 bits per heavy atom. The van der Waals surface area contributed by atoms with Crippen molar-refractivity contribution in [2.45, 2.75) is 19.9 Å². The summed E-state index contributed by atoms with van der Waals surface area (Å²) in [4.78, 5) is 0. The van der Waals surface area contributed by atoms with Crippen LogP contribution in [-0.2, 0) is 10.0 Å². The second-order valence-corrected chi connectivity index (χ2v) is 4.36. The minimum atomic E-state index is -3.07. The second-order valence-electron chi connectivity index (χ2n) is 2.76. The highest BCUT2D eigenvalue weighted by Crippen LogP contribution is 2.11. The normalized spacial score (nSPS) is 29.7. The Balaban J connectivity index is 2.72. The molecule has 1 atom stereocenters. The van der Waals surface area contributed by atoms with Crippen LogP contribution in [0.5, 0.6) is 0 Å². The minimum absolute atomic E-state index is 0.00926. The molecule has 0 radical (unpaired) electrons. The van der Waals surface area contributed by atoms with Crippen LogP contribution in [0.1, 0.15) is 13.8 Å². The van der Waals surface area contributed by atoms with E-state index in [-0.39, 0.29) is 6.04 Å². The van der Waals surface area contributed by atoms with Gasteiger partial charge in [-0.2, -0.15) is 0 Å². The van der Waals surface area contributed by atoms with Gasteiger partial charge in [-0.05, 0) is 5.92 Å². The van der Waals surface area contributed by atoms with Gasteiger partial charge in [-0.3, -0.25) is 0 Å². The van der Waals surface area contributed by atoms with Crippen molar-refractivity contribution < 1.29 is 8.42 Å². The van der Waals surface area contributed by atoms with E-state index in [9.17, 15) is 8.42 Å². The van der Waals surface area contributed by atoms with Crippen LogP contribution in [0.3, 0.4) is 0 Å². The highest BCUT2D eigenvalue weighted by atomic mass is 32.2. The second kappa shape index (κ2) is 2.36. The lowest BCUT2D eigenvalue weighted by Gasteiger charge is -2.10. The molecule has 0 unspecified atom stereocenters. The molecule has 0 aromatic carbocycles. The average Bonchev–Trinajstić information content (AvgIpc) is 2.10. The van der Waals surface area contributed by atoms with Gasteiger partial charge in [0.05, 0.1) is 0 Å². The molecular formula is C6H11NO2S. The van der Waals surface area contributed by atoms with Gasteiger partial charge in [-0.1, -0.05) is 19.9 Å². The quantitative estimate of drug-likeness (QED) is 0.607. The molecule has 0 saturated heterocycles. The number of nitrogens with one attached hydrogen (secondary N) is 1. The van der Waals surface area contributed by atoms with Gasteiger partial charge in [0.15, 0.2) is 0 Å². The molecule has 0 aromatic heterocycles. The average molecular weight is 161 g/mol. The molecule has 1 aliphatic heterocycles. The molecule has 0 spiro atoms. The summed E-state index contributed by atoms with van der Waals surface area (Å²) >= 11 is 0. The van der Waals surface area contributed by atoms with E-state index in [1.807, 2.05) is 13.8 Å². The molecule has 0 bridgehead atoms. The Hall–Kier alpha value is -0.350. The third kappa shape index (κ3) is 1.58. The predicted octanol–water partition coefficient (Wildman–Crippen LogP) is 0.458. The van der Waals surface area contributed by atoms with E-state index in [2.05, 4.69) is 4.72 Å². The van der Waals surface area contributed by atoms with E-state index in [1.54, 1.807) is 6.08 Å². The lowest BCUT2D eigenvalue weighted by molar-refractivity contribution is 0.523. The standard InChI is InChI=1S/C6H11NO2S/c1-5(2)6-3-4-10(8,9)7-6/h3-7H,1-2H3/t6-/m1/s1. The Morgan fingerprint density at radius 3 is 2.30 bits per heavy atom. The SMILES string of the molecule is CC(C)[C@H]1C=CS(=O)(=O)N1. The summed E-state index contributed by atoms with van der Waals surface area (Å²) in [6.45, 7) is 3.95. The van der Waals surface area contributed by atoms with Gasteiger partial charge in [0, 0.05) is 11.4 Å². The lowest BCUT2D eigenvalue weighted by Crippen LogP contribution is -2.30. The first-order valence-electron chi connectivity index (χ1n) is 3.22. The van der Waals surface area contributed by atoms with Crippen molar-refractivity contribution in [1.82, 2.24) is 4.72 Å². The summed E-state index contributed by atoms with van der Waals surface area (Å²) in [7, 11) is -3.07. The Morgan fingerprint density at radius 1 is 1.50 bits per heavy atom. The molecule has 3 nitrogen and oxygen atoms in total. The first-order valence-corrected chi connectivity index (χ1v) is 4.76. The molecule has 1 aliphatic rings. The van der Waals surface area contributed by atoms with Crippen LogP contribution in [0.2, 0.25) is 0 Å². The maximum atomic E-state index is 10.7. The maximum absolute atomic E-state index is 10.7. The van der Waals surface area contributed by atoms with E-state index >= 15 is 0 Å². The van der Waals surface area contributed by atoms with Crippen molar-refractivity contribution in [2.24, 2.45) is 5.92 Å². The predicted molar refractivity (Wildman–Crippen MR) is 39.8 cm³/mol. The molecule has 10 heavy (non-hydrogen) atoms. The van der Waals surface area contributed by atoms with Gasteiger partial charge < -0.3 is 0 Å². The molecule has 0 fully saturated rings. The van der Waals surface area contributed by atoms with Gasteiger partial charge in [0.25, 0.3) is 0 Å². The summed E-state index contributed by atoms with van der Waals surface area (Å²) in [5, 5.41) is 1.22. The van der Waals surface area contributed by atoms with E-state index in [0.717, 1.165) is 0 Å². The highest BCUT2D eigenvalue weighted by molar-refractivity contribution is 7.92.